The molecule has 0 saturated heterocycles. The molecular weight excluding hydrogens is 188 g/mol. The van der Waals surface area contributed by atoms with Crippen molar-refractivity contribution in [1.82, 2.24) is 9.97 Å². The molecule has 0 saturated carbocycles. The molecule has 4 nitrogen and oxygen atoms in total. The molecule has 2 aromatic rings. The van der Waals surface area contributed by atoms with E-state index in [9.17, 15) is 0 Å². The molecule has 0 amide bonds. The maximum atomic E-state index is 5.71. The van der Waals surface area contributed by atoms with Crippen molar-refractivity contribution in [3.8, 4) is 0 Å². The third-order valence-electron chi connectivity index (χ3n) is 2.11. The van der Waals surface area contributed by atoms with E-state index in [0.29, 0.717) is 5.95 Å². The number of benzene rings is 1. The first-order chi connectivity index (χ1) is 7.27. The molecule has 1 heterocycles. The summed E-state index contributed by atoms with van der Waals surface area (Å²) in [6.45, 7) is 0. The summed E-state index contributed by atoms with van der Waals surface area (Å²) in [5.41, 5.74) is 7.41. The summed E-state index contributed by atoms with van der Waals surface area (Å²) in [6, 6.07) is 9.40. The van der Waals surface area contributed by atoms with E-state index in [1.165, 1.54) is 0 Å². The van der Waals surface area contributed by atoms with Crippen LogP contribution in [0.2, 0.25) is 0 Å². The topological polar surface area (TPSA) is 55.0 Å². The van der Waals surface area contributed by atoms with Gasteiger partial charge in [0.2, 0.25) is 5.95 Å². The Hall–Kier alpha value is -2.10. The van der Waals surface area contributed by atoms with Crippen LogP contribution in [0.1, 0.15) is 0 Å². The number of anilines is 3. The Balaban J connectivity index is 2.32. The minimum atomic E-state index is 0.656. The van der Waals surface area contributed by atoms with Crippen LogP contribution in [0.3, 0.4) is 0 Å². The highest BCUT2D eigenvalue weighted by molar-refractivity contribution is 5.61. The van der Waals surface area contributed by atoms with Gasteiger partial charge in [-0.1, -0.05) is 6.07 Å². The Morgan fingerprint density at radius 3 is 2.53 bits per heavy atom. The van der Waals surface area contributed by atoms with Gasteiger partial charge in [0.25, 0.3) is 0 Å². The number of hydrogen-bond acceptors (Lipinski definition) is 4. The molecule has 0 fully saturated rings. The highest BCUT2D eigenvalue weighted by atomic mass is 15.2. The predicted octanol–water partition coefficient (Wildman–Crippen LogP) is 1.83. The van der Waals surface area contributed by atoms with Crippen LogP contribution < -0.4 is 10.6 Å². The standard InChI is InChI=1S/C11H12N4/c1-15(11-13-6-3-7-14-11)10-5-2-4-9(12)8-10/h2-8H,12H2,1H3. The lowest BCUT2D eigenvalue weighted by Crippen LogP contribution is -2.12. The Kier molecular flexibility index (Phi) is 2.49. The number of rotatable bonds is 2. The van der Waals surface area contributed by atoms with Crippen LogP contribution >= 0.6 is 0 Å². The van der Waals surface area contributed by atoms with Crippen LogP contribution in [0.5, 0.6) is 0 Å². The third kappa shape index (κ3) is 2.04. The van der Waals surface area contributed by atoms with Gasteiger partial charge in [-0.3, -0.25) is 0 Å². The fourth-order valence-corrected chi connectivity index (χ4v) is 1.31. The molecular formula is C11H12N4. The van der Waals surface area contributed by atoms with Crippen molar-refractivity contribution in [2.24, 2.45) is 0 Å². The first-order valence-electron chi connectivity index (χ1n) is 4.63. The number of nitrogen functional groups attached to an aromatic ring is 1. The third-order valence-corrected chi connectivity index (χ3v) is 2.11. The molecule has 0 radical (unpaired) electrons. The van der Waals surface area contributed by atoms with E-state index in [2.05, 4.69) is 9.97 Å². The maximum absolute atomic E-state index is 5.71. The minimum Gasteiger partial charge on any atom is -0.399 e. The molecule has 0 unspecified atom stereocenters. The van der Waals surface area contributed by atoms with Gasteiger partial charge in [0.05, 0.1) is 0 Å². The Labute approximate surface area is 88.4 Å². The van der Waals surface area contributed by atoms with E-state index in [1.807, 2.05) is 36.2 Å². The molecule has 0 aliphatic carbocycles. The van der Waals surface area contributed by atoms with Gasteiger partial charge >= 0.3 is 0 Å². The number of nitrogens with two attached hydrogens (primary N) is 1. The zero-order valence-corrected chi connectivity index (χ0v) is 8.46. The van der Waals surface area contributed by atoms with Gasteiger partial charge in [-0.15, -0.1) is 0 Å². The molecule has 2 rings (SSSR count). The van der Waals surface area contributed by atoms with Crippen LogP contribution in [-0.2, 0) is 0 Å². The second-order valence-corrected chi connectivity index (χ2v) is 3.20. The monoisotopic (exact) mass is 200 g/mol. The van der Waals surface area contributed by atoms with E-state index >= 15 is 0 Å². The van der Waals surface area contributed by atoms with Crippen molar-refractivity contribution in [3.05, 3.63) is 42.7 Å². The SMILES string of the molecule is CN(c1cccc(N)c1)c1ncccn1. The van der Waals surface area contributed by atoms with E-state index < -0.39 is 0 Å². The molecule has 2 N–H and O–H groups in total. The average molecular weight is 200 g/mol. The highest BCUT2D eigenvalue weighted by Crippen LogP contribution is 2.20. The van der Waals surface area contributed by atoms with Gasteiger partial charge < -0.3 is 10.6 Å². The molecule has 1 aromatic carbocycles. The zero-order valence-electron chi connectivity index (χ0n) is 8.46. The van der Waals surface area contributed by atoms with E-state index in [4.69, 9.17) is 5.73 Å². The summed E-state index contributed by atoms with van der Waals surface area (Å²) in [5, 5.41) is 0. The summed E-state index contributed by atoms with van der Waals surface area (Å²) in [5.74, 6) is 0.656. The van der Waals surface area contributed by atoms with Crippen molar-refractivity contribution in [2.75, 3.05) is 17.7 Å². The summed E-state index contributed by atoms with van der Waals surface area (Å²) in [6.07, 6.45) is 3.43. The fourth-order valence-electron chi connectivity index (χ4n) is 1.31. The molecule has 0 bridgehead atoms. The van der Waals surface area contributed by atoms with Crippen LogP contribution in [0, 0.1) is 0 Å². The lowest BCUT2D eigenvalue weighted by Gasteiger charge is -2.16. The summed E-state index contributed by atoms with van der Waals surface area (Å²) in [7, 11) is 1.91. The maximum Gasteiger partial charge on any atom is 0.229 e. The van der Waals surface area contributed by atoms with Gasteiger partial charge in [0.15, 0.2) is 0 Å². The van der Waals surface area contributed by atoms with Crippen molar-refractivity contribution in [3.63, 3.8) is 0 Å². The summed E-state index contributed by atoms with van der Waals surface area (Å²) < 4.78 is 0. The van der Waals surface area contributed by atoms with Crippen molar-refractivity contribution >= 4 is 17.3 Å². The van der Waals surface area contributed by atoms with Gasteiger partial charge in [-0.25, -0.2) is 9.97 Å². The molecule has 15 heavy (non-hydrogen) atoms. The smallest absolute Gasteiger partial charge is 0.229 e. The Morgan fingerprint density at radius 2 is 1.87 bits per heavy atom. The van der Waals surface area contributed by atoms with Crippen molar-refractivity contribution in [1.29, 1.82) is 0 Å². The van der Waals surface area contributed by atoms with E-state index in [1.54, 1.807) is 18.5 Å². The number of aromatic nitrogens is 2. The quantitative estimate of drug-likeness (QED) is 0.751. The average Bonchev–Trinajstić information content (AvgIpc) is 2.29. The van der Waals surface area contributed by atoms with E-state index in [0.717, 1.165) is 11.4 Å². The minimum absolute atomic E-state index is 0.656. The second-order valence-electron chi connectivity index (χ2n) is 3.20. The normalized spacial score (nSPS) is 9.93. The number of nitrogens with zero attached hydrogens (tertiary/aromatic N) is 3. The van der Waals surface area contributed by atoms with E-state index in [-0.39, 0.29) is 0 Å². The molecule has 0 atom stereocenters. The van der Waals surface area contributed by atoms with Crippen LogP contribution in [0.15, 0.2) is 42.7 Å². The molecule has 0 aliphatic rings. The van der Waals surface area contributed by atoms with Crippen molar-refractivity contribution in [2.45, 2.75) is 0 Å². The van der Waals surface area contributed by atoms with Gasteiger partial charge in [-0.05, 0) is 24.3 Å². The first kappa shape index (κ1) is 9.45. The van der Waals surface area contributed by atoms with Crippen molar-refractivity contribution < 1.29 is 0 Å². The fraction of sp³-hybridized carbons (Fsp3) is 0.0909. The predicted molar refractivity (Wildman–Crippen MR) is 60.9 cm³/mol. The largest absolute Gasteiger partial charge is 0.399 e. The molecule has 0 spiro atoms. The zero-order chi connectivity index (χ0) is 10.7. The highest BCUT2D eigenvalue weighted by Gasteiger charge is 2.05. The summed E-state index contributed by atoms with van der Waals surface area (Å²) >= 11 is 0. The van der Waals surface area contributed by atoms with Gasteiger partial charge in [0.1, 0.15) is 0 Å². The lowest BCUT2D eigenvalue weighted by molar-refractivity contribution is 1.04. The number of hydrogen-bond donors (Lipinski definition) is 1. The second kappa shape index (κ2) is 3.96. The van der Waals surface area contributed by atoms with Gasteiger partial charge in [0, 0.05) is 30.8 Å². The molecule has 4 heteroatoms. The lowest BCUT2D eigenvalue weighted by atomic mass is 10.2. The summed E-state index contributed by atoms with van der Waals surface area (Å²) in [4.78, 5) is 10.2. The molecule has 76 valence electrons. The van der Waals surface area contributed by atoms with Crippen LogP contribution in [0.25, 0.3) is 0 Å². The molecule has 0 aliphatic heterocycles. The Bertz CT molecular complexity index is 441. The van der Waals surface area contributed by atoms with Crippen LogP contribution in [0.4, 0.5) is 17.3 Å². The van der Waals surface area contributed by atoms with Gasteiger partial charge in [-0.2, -0.15) is 0 Å². The van der Waals surface area contributed by atoms with Crippen LogP contribution in [-0.4, -0.2) is 17.0 Å². The molecule has 1 aromatic heterocycles. The Morgan fingerprint density at radius 1 is 1.13 bits per heavy atom. The first-order valence-corrected chi connectivity index (χ1v) is 4.63.